The molecular formula is C15H2F31N. The van der Waals surface area contributed by atoms with Gasteiger partial charge in [0.2, 0.25) is 0 Å². The van der Waals surface area contributed by atoms with E-state index < -0.39 is 89.2 Å². The molecule has 0 aliphatic rings. The Morgan fingerprint density at radius 2 is 0.277 bits per heavy atom. The van der Waals surface area contributed by atoms with Crippen molar-refractivity contribution in [3.8, 4) is 0 Å². The third kappa shape index (κ3) is 4.99. The van der Waals surface area contributed by atoms with Gasteiger partial charge in [0.25, 0.3) is 0 Å². The van der Waals surface area contributed by atoms with Crippen LogP contribution in [-0.2, 0) is 0 Å². The minimum Gasteiger partial charge on any atom is -0.267 e. The van der Waals surface area contributed by atoms with E-state index in [4.69, 9.17) is 0 Å². The summed E-state index contributed by atoms with van der Waals surface area (Å²) in [5.74, 6) is -124. The van der Waals surface area contributed by atoms with Gasteiger partial charge in [-0.05, 0) is 0 Å². The van der Waals surface area contributed by atoms with Crippen LogP contribution in [0.25, 0.3) is 0 Å². The van der Waals surface area contributed by atoms with E-state index in [1.807, 2.05) is 0 Å². The highest BCUT2D eigenvalue weighted by molar-refractivity contribution is 5.21. The molecule has 0 aromatic rings. The fraction of sp³-hybridized carbons (Fsp3) is 1.00. The summed E-state index contributed by atoms with van der Waals surface area (Å²) in [6.07, 6.45) is -8.34. The molecule has 0 heterocycles. The first-order valence-electron chi connectivity index (χ1n) is 9.65. The summed E-state index contributed by atoms with van der Waals surface area (Å²) in [5.41, 5.74) is 2.89. The van der Waals surface area contributed by atoms with E-state index in [1.165, 1.54) is 0 Å². The van der Waals surface area contributed by atoms with Crippen LogP contribution in [0.1, 0.15) is 0 Å². The Morgan fingerprint density at radius 1 is 0.170 bits per heavy atom. The highest BCUT2D eigenvalue weighted by Crippen LogP contribution is 2.69. The van der Waals surface area contributed by atoms with Crippen LogP contribution in [0.4, 0.5) is 136 Å². The van der Waals surface area contributed by atoms with Crippen LogP contribution in [-0.4, -0.2) is 89.2 Å². The van der Waals surface area contributed by atoms with Crippen molar-refractivity contribution in [2.45, 2.75) is 89.2 Å². The Labute approximate surface area is 232 Å². The van der Waals surface area contributed by atoms with Gasteiger partial charge < -0.3 is 0 Å². The summed E-state index contributed by atoms with van der Waals surface area (Å²) in [4.78, 5) is 0. The predicted molar refractivity (Wildman–Crippen MR) is 79.5 cm³/mol. The molecule has 1 nitrogen and oxygen atoms in total. The van der Waals surface area contributed by atoms with Crippen LogP contribution in [0.3, 0.4) is 0 Å². The van der Waals surface area contributed by atoms with Crippen LogP contribution >= 0.6 is 0 Å². The zero-order valence-electron chi connectivity index (χ0n) is 19.8. The molecule has 2 N–H and O–H groups in total. The van der Waals surface area contributed by atoms with Gasteiger partial charge in [-0.1, -0.05) is 0 Å². The molecule has 0 amide bonds. The first-order chi connectivity index (χ1) is 19.5. The molecule has 0 aromatic carbocycles. The average molecular weight is 785 g/mol. The summed E-state index contributed by atoms with van der Waals surface area (Å²) in [6, 6.07) is -7.35. The lowest BCUT2D eigenvalue weighted by molar-refractivity contribution is -0.489. The second kappa shape index (κ2) is 10.4. The fourth-order valence-electron chi connectivity index (χ4n) is 2.56. The number of hydrogen-bond donors (Lipinski definition) is 1. The maximum absolute atomic E-state index is 13.6. The van der Waals surface area contributed by atoms with Gasteiger partial charge in [0.15, 0.2) is 0 Å². The SMILES string of the molecule is NC(F)(F)C(F)(F)C(F)(F)C(F)(F)C(F)(F)C(F)(F)C(F)(F)C(F)(F)C(F)(F)C(F)(F)C(F)(F)C(F)(F)C(F)(F)C(F)(F)C(F)(F)F. The van der Waals surface area contributed by atoms with E-state index in [0.29, 0.717) is 0 Å². The third-order valence-corrected chi connectivity index (χ3v) is 5.51. The Kier molecular flexibility index (Phi) is 9.91. The van der Waals surface area contributed by atoms with Crippen LogP contribution in [0.2, 0.25) is 0 Å². The molecule has 0 unspecified atom stereocenters. The summed E-state index contributed by atoms with van der Waals surface area (Å²) < 4.78 is 408. The fourth-order valence-corrected chi connectivity index (χ4v) is 2.56. The van der Waals surface area contributed by atoms with Gasteiger partial charge in [-0.25, -0.2) is 0 Å². The molecule has 0 saturated carbocycles. The van der Waals surface area contributed by atoms with E-state index >= 15 is 0 Å². The van der Waals surface area contributed by atoms with Crippen LogP contribution in [0.15, 0.2) is 0 Å². The van der Waals surface area contributed by atoms with E-state index in [0.717, 1.165) is 0 Å². The molecule has 0 bridgehead atoms. The van der Waals surface area contributed by atoms with Crippen molar-refractivity contribution in [1.82, 2.24) is 0 Å². The minimum atomic E-state index is -10.1. The van der Waals surface area contributed by atoms with Gasteiger partial charge in [0.05, 0.1) is 0 Å². The molecule has 0 aliphatic heterocycles. The molecular weight excluding hydrogens is 783 g/mol. The Morgan fingerprint density at radius 3 is 0.383 bits per heavy atom. The van der Waals surface area contributed by atoms with Crippen molar-refractivity contribution in [1.29, 1.82) is 0 Å². The smallest absolute Gasteiger partial charge is 0.267 e. The van der Waals surface area contributed by atoms with Crippen LogP contribution in [0, 0.1) is 0 Å². The van der Waals surface area contributed by atoms with Crippen LogP contribution in [0.5, 0.6) is 0 Å². The molecule has 0 fully saturated rings. The molecule has 0 aliphatic carbocycles. The number of rotatable bonds is 13. The summed E-state index contributed by atoms with van der Waals surface area (Å²) in [5, 5.41) is 0. The van der Waals surface area contributed by atoms with Gasteiger partial charge in [0, 0.05) is 0 Å². The Bertz CT molecular complexity index is 1060. The lowest BCUT2D eigenvalue weighted by Crippen LogP contribution is -2.79. The molecule has 32 heteroatoms. The molecule has 0 rings (SSSR count). The number of nitrogens with two attached hydrogens (primary N) is 1. The van der Waals surface area contributed by atoms with Gasteiger partial charge >= 0.3 is 89.2 Å². The zero-order valence-corrected chi connectivity index (χ0v) is 19.8. The molecule has 0 spiro atoms. The second-order valence-electron chi connectivity index (χ2n) is 8.59. The Balaban J connectivity index is 7.61. The van der Waals surface area contributed by atoms with Gasteiger partial charge in [-0.2, -0.15) is 136 Å². The molecule has 0 aromatic heterocycles. The van der Waals surface area contributed by atoms with Gasteiger partial charge in [0.1, 0.15) is 0 Å². The number of halogens is 31. The average Bonchev–Trinajstić information content (AvgIpc) is 2.80. The predicted octanol–water partition coefficient (Wildman–Crippen LogP) is 9.36. The quantitative estimate of drug-likeness (QED) is 0.146. The molecule has 47 heavy (non-hydrogen) atoms. The number of hydrogen-bond acceptors (Lipinski definition) is 1. The highest BCUT2D eigenvalue weighted by atomic mass is 19.4. The van der Waals surface area contributed by atoms with Crippen molar-refractivity contribution < 1.29 is 136 Å². The normalized spacial score (nSPS) is 17.4. The topological polar surface area (TPSA) is 26.0 Å². The van der Waals surface area contributed by atoms with Gasteiger partial charge in [-0.15, -0.1) is 0 Å². The zero-order chi connectivity index (χ0) is 39.5. The Hall–Kier alpha value is -2.21. The molecule has 0 atom stereocenters. The van der Waals surface area contributed by atoms with E-state index in [-0.39, 0.29) is 0 Å². The van der Waals surface area contributed by atoms with E-state index in [1.54, 1.807) is 0 Å². The van der Waals surface area contributed by atoms with E-state index in [9.17, 15) is 136 Å². The number of alkyl halides is 31. The van der Waals surface area contributed by atoms with Crippen molar-refractivity contribution in [3.63, 3.8) is 0 Å². The molecule has 0 saturated heterocycles. The standard InChI is InChI=1S/C15H2F31N/c16-1(17,2(18,19)4(22,23)6(26,27)8(30,31)10(34,35)12(38,39)14(42,43)44)3(20,21)5(24,25)7(28,29)9(32,33)11(36,37)13(40,41)15(45,46)47/h47H2. The maximum atomic E-state index is 13.6. The van der Waals surface area contributed by atoms with Crippen LogP contribution < -0.4 is 5.73 Å². The maximum Gasteiger partial charge on any atom is 0.460 e. The lowest BCUT2D eigenvalue weighted by atomic mass is 9.83. The summed E-state index contributed by atoms with van der Waals surface area (Å²) in [6.45, 7) is 0. The van der Waals surface area contributed by atoms with Crippen molar-refractivity contribution in [3.05, 3.63) is 0 Å². The molecule has 0 radical (unpaired) electrons. The van der Waals surface area contributed by atoms with Crippen molar-refractivity contribution in [2.75, 3.05) is 0 Å². The minimum absolute atomic E-state index is 2.89. The second-order valence-corrected chi connectivity index (χ2v) is 8.59. The van der Waals surface area contributed by atoms with Crippen molar-refractivity contribution >= 4 is 0 Å². The summed E-state index contributed by atoms with van der Waals surface area (Å²) in [7, 11) is 0. The first-order valence-corrected chi connectivity index (χ1v) is 9.65. The summed E-state index contributed by atoms with van der Waals surface area (Å²) >= 11 is 0. The van der Waals surface area contributed by atoms with Crippen molar-refractivity contribution in [2.24, 2.45) is 5.73 Å². The lowest BCUT2D eigenvalue weighted by Gasteiger charge is -2.46. The molecule has 284 valence electrons. The third-order valence-electron chi connectivity index (χ3n) is 5.51. The highest BCUT2D eigenvalue weighted by Gasteiger charge is 3.01. The largest absolute Gasteiger partial charge is 0.460 e. The monoisotopic (exact) mass is 785 g/mol. The first kappa shape index (κ1) is 44.8. The van der Waals surface area contributed by atoms with E-state index in [2.05, 4.69) is 5.73 Å². The van der Waals surface area contributed by atoms with Gasteiger partial charge in [-0.3, -0.25) is 5.73 Å².